The molecule has 4 nitrogen and oxygen atoms in total. The summed E-state index contributed by atoms with van der Waals surface area (Å²) in [6.07, 6.45) is 0.300. The monoisotopic (exact) mass is 450 g/mol. The maximum Gasteiger partial charge on any atom is 0.458 e. The molecule has 0 fully saturated rings. The molecule has 160 valence electrons. The molecule has 0 aliphatic carbocycles. The Morgan fingerprint density at radius 2 is 1.81 bits per heavy atom. The van der Waals surface area contributed by atoms with Gasteiger partial charge in [-0.1, -0.05) is 13.0 Å². The Morgan fingerprint density at radius 1 is 1.00 bits per heavy atom. The third kappa shape index (κ3) is 3.99. The van der Waals surface area contributed by atoms with Crippen LogP contribution in [0.3, 0.4) is 0 Å². The van der Waals surface area contributed by atoms with Crippen molar-refractivity contribution >= 4 is 17.4 Å². The molecule has 0 amide bonds. The molecule has 0 bridgehead atoms. The largest absolute Gasteiger partial charge is 0.458 e. The fourth-order valence-corrected chi connectivity index (χ4v) is 3.85. The second-order valence-corrected chi connectivity index (χ2v) is 7.90. The van der Waals surface area contributed by atoms with E-state index in [2.05, 4.69) is 15.0 Å². The van der Waals surface area contributed by atoms with Gasteiger partial charge in [0.2, 0.25) is 0 Å². The summed E-state index contributed by atoms with van der Waals surface area (Å²) in [7, 11) is 0. The number of thioether (sulfide) groups is 1. The molecule has 4 aromatic heterocycles. The molecular formula is C21H15F5N4S. The first-order chi connectivity index (χ1) is 14.7. The van der Waals surface area contributed by atoms with Gasteiger partial charge in [0.25, 0.3) is 0 Å². The minimum atomic E-state index is -5.69. The van der Waals surface area contributed by atoms with Gasteiger partial charge in [-0.3, -0.25) is 9.97 Å². The first kappa shape index (κ1) is 21.2. The van der Waals surface area contributed by atoms with Gasteiger partial charge in [-0.05, 0) is 36.1 Å². The Morgan fingerprint density at radius 3 is 2.48 bits per heavy atom. The summed E-state index contributed by atoms with van der Waals surface area (Å²) < 4.78 is 66.9. The van der Waals surface area contributed by atoms with E-state index < -0.39 is 17.7 Å². The van der Waals surface area contributed by atoms with Crippen molar-refractivity contribution in [1.82, 2.24) is 19.4 Å². The van der Waals surface area contributed by atoms with E-state index in [-0.39, 0.29) is 5.65 Å². The number of alkyl halides is 5. The van der Waals surface area contributed by atoms with E-state index in [9.17, 15) is 22.0 Å². The normalized spacial score (nSPS) is 12.5. The molecule has 0 saturated carbocycles. The van der Waals surface area contributed by atoms with Crippen molar-refractivity contribution in [3.63, 3.8) is 0 Å². The third-order valence-corrected chi connectivity index (χ3v) is 5.45. The first-order valence-corrected chi connectivity index (χ1v) is 10.2. The molecule has 4 aromatic rings. The second-order valence-electron chi connectivity index (χ2n) is 6.60. The summed E-state index contributed by atoms with van der Waals surface area (Å²) in [6, 6.07) is 8.91. The minimum absolute atomic E-state index is 0.0283. The van der Waals surface area contributed by atoms with Crippen LogP contribution >= 0.6 is 11.8 Å². The van der Waals surface area contributed by atoms with Gasteiger partial charge in [0.1, 0.15) is 17.0 Å². The summed E-state index contributed by atoms with van der Waals surface area (Å²) in [6.45, 7) is 1.97. The van der Waals surface area contributed by atoms with E-state index in [1.165, 1.54) is 16.2 Å². The zero-order valence-corrected chi connectivity index (χ0v) is 16.9. The molecule has 0 radical (unpaired) electrons. The second kappa shape index (κ2) is 7.92. The van der Waals surface area contributed by atoms with Crippen molar-refractivity contribution in [2.45, 2.75) is 23.9 Å². The van der Waals surface area contributed by atoms with Crippen LogP contribution in [-0.2, 0) is 5.92 Å². The highest BCUT2D eigenvalue weighted by molar-refractivity contribution is 7.99. The Hall–Kier alpha value is -3.01. The van der Waals surface area contributed by atoms with Crippen LogP contribution in [0.15, 0.2) is 66.1 Å². The lowest BCUT2D eigenvalue weighted by atomic mass is 10.1. The van der Waals surface area contributed by atoms with Gasteiger partial charge in [-0.2, -0.15) is 22.0 Å². The number of pyridine rings is 3. The van der Waals surface area contributed by atoms with E-state index in [0.717, 1.165) is 40.2 Å². The summed E-state index contributed by atoms with van der Waals surface area (Å²) in [5.41, 5.74) is 1.24. The van der Waals surface area contributed by atoms with Crippen LogP contribution in [-0.4, -0.2) is 31.3 Å². The van der Waals surface area contributed by atoms with Gasteiger partial charge >= 0.3 is 12.1 Å². The number of aromatic nitrogens is 4. The van der Waals surface area contributed by atoms with Crippen LogP contribution in [0.2, 0.25) is 0 Å². The van der Waals surface area contributed by atoms with Crippen molar-refractivity contribution in [2.24, 2.45) is 0 Å². The summed E-state index contributed by atoms with van der Waals surface area (Å²) >= 11 is 1.52. The number of fused-ring (bicyclic) bond motifs is 1. The molecule has 0 atom stereocenters. The van der Waals surface area contributed by atoms with Crippen molar-refractivity contribution in [1.29, 1.82) is 0 Å². The molecule has 0 spiro atoms. The van der Waals surface area contributed by atoms with Gasteiger partial charge in [0.05, 0.1) is 5.69 Å². The van der Waals surface area contributed by atoms with Gasteiger partial charge in [-0.15, -0.1) is 11.8 Å². The summed E-state index contributed by atoms with van der Waals surface area (Å²) in [4.78, 5) is 13.8. The molecule has 10 heteroatoms. The fraction of sp³-hybridized carbons (Fsp3) is 0.190. The van der Waals surface area contributed by atoms with Gasteiger partial charge in [0.15, 0.2) is 0 Å². The number of halogens is 5. The maximum atomic E-state index is 13.7. The van der Waals surface area contributed by atoms with Gasteiger partial charge in [-0.25, -0.2) is 4.98 Å². The topological polar surface area (TPSA) is 43.1 Å². The van der Waals surface area contributed by atoms with Crippen molar-refractivity contribution < 1.29 is 22.0 Å². The lowest BCUT2D eigenvalue weighted by Gasteiger charge is -2.19. The Bertz CT molecular complexity index is 1220. The molecule has 4 heterocycles. The number of imidazole rings is 1. The molecule has 4 rings (SSSR count). The standard InChI is InChI=1S/C21H15F5N4S/c1-2-31-17-9-13(15-5-3-4-7-27-15)11-28-19(17)16-12-30-8-6-14(10-18(30)29-16)20(22,23)21(24,25)26/h3-12H,2H2,1H3. The van der Waals surface area contributed by atoms with Crippen LogP contribution in [0, 0.1) is 0 Å². The molecule has 0 unspecified atom stereocenters. The lowest BCUT2D eigenvalue weighted by molar-refractivity contribution is -0.289. The Kier molecular flexibility index (Phi) is 5.42. The smallest absolute Gasteiger partial charge is 0.306 e. The van der Waals surface area contributed by atoms with E-state index in [4.69, 9.17) is 0 Å². The summed E-state index contributed by atoms with van der Waals surface area (Å²) in [5.74, 6) is -4.22. The van der Waals surface area contributed by atoms with E-state index in [1.807, 2.05) is 25.1 Å². The van der Waals surface area contributed by atoms with E-state index in [1.54, 1.807) is 24.7 Å². The average Bonchev–Trinajstić information content (AvgIpc) is 3.17. The fourth-order valence-electron chi connectivity index (χ4n) is 3.03. The van der Waals surface area contributed by atoms with Crippen LogP contribution in [0.5, 0.6) is 0 Å². The predicted molar refractivity (Wildman–Crippen MR) is 108 cm³/mol. The van der Waals surface area contributed by atoms with Crippen molar-refractivity contribution in [2.75, 3.05) is 5.75 Å². The highest BCUT2D eigenvalue weighted by Crippen LogP contribution is 2.44. The van der Waals surface area contributed by atoms with Crippen LogP contribution in [0.1, 0.15) is 12.5 Å². The Balaban J connectivity index is 1.78. The zero-order chi connectivity index (χ0) is 22.2. The molecular weight excluding hydrogens is 435 g/mol. The van der Waals surface area contributed by atoms with Crippen LogP contribution < -0.4 is 0 Å². The number of rotatable bonds is 5. The molecule has 0 saturated heterocycles. The average molecular weight is 450 g/mol. The molecule has 0 aromatic carbocycles. The number of nitrogens with zero attached hydrogens (tertiary/aromatic N) is 4. The zero-order valence-electron chi connectivity index (χ0n) is 16.1. The van der Waals surface area contributed by atoms with Gasteiger partial charge < -0.3 is 4.40 Å². The predicted octanol–water partition coefficient (Wildman–Crippen LogP) is 6.22. The molecule has 0 aliphatic heterocycles. The molecule has 0 N–H and O–H groups in total. The SMILES string of the molecule is CCSc1cc(-c2ccccn2)cnc1-c1cn2ccc(C(F)(F)C(F)(F)F)cc2n1. The summed E-state index contributed by atoms with van der Waals surface area (Å²) in [5, 5.41) is 0. The quantitative estimate of drug-likeness (QED) is 0.267. The van der Waals surface area contributed by atoms with Crippen molar-refractivity contribution in [3.05, 3.63) is 66.7 Å². The lowest BCUT2D eigenvalue weighted by Crippen LogP contribution is -2.33. The Labute approximate surface area is 178 Å². The number of hydrogen-bond acceptors (Lipinski definition) is 4. The molecule has 0 aliphatic rings. The maximum absolute atomic E-state index is 13.7. The van der Waals surface area contributed by atoms with E-state index >= 15 is 0 Å². The van der Waals surface area contributed by atoms with Crippen LogP contribution in [0.4, 0.5) is 22.0 Å². The van der Waals surface area contributed by atoms with Gasteiger partial charge in [0, 0.05) is 40.8 Å². The third-order valence-electron chi connectivity index (χ3n) is 4.53. The highest BCUT2D eigenvalue weighted by Gasteiger charge is 2.58. The van der Waals surface area contributed by atoms with E-state index in [0.29, 0.717) is 11.4 Å². The highest BCUT2D eigenvalue weighted by atomic mass is 32.2. The minimum Gasteiger partial charge on any atom is -0.306 e. The van der Waals surface area contributed by atoms with Crippen LogP contribution in [0.25, 0.3) is 28.3 Å². The first-order valence-electron chi connectivity index (χ1n) is 9.19. The van der Waals surface area contributed by atoms with Crippen molar-refractivity contribution in [3.8, 4) is 22.6 Å². The molecule has 31 heavy (non-hydrogen) atoms. The number of hydrogen-bond donors (Lipinski definition) is 0.